The van der Waals surface area contributed by atoms with E-state index in [0.717, 1.165) is 11.1 Å². The number of anilines is 1. The number of rotatable bonds is 7. The first-order valence-electron chi connectivity index (χ1n) is 6.41. The Balaban J connectivity index is 2.13. The number of benzene rings is 1. The minimum Gasteiger partial charge on any atom is -0.469 e. The second-order valence-corrected chi connectivity index (χ2v) is 4.27. The van der Waals surface area contributed by atoms with E-state index in [0.29, 0.717) is 25.7 Å². The van der Waals surface area contributed by atoms with Gasteiger partial charge in [-0.15, -0.1) is 0 Å². The van der Waals surface area contributed by atoms with Crippen LogP contribution >= 0.6 is 0 Å². The van der Waals surface area contributed by atoms with E-state index < -0.39 is 0 Å². The Hall–Kier alpha value is -2.08. The number of oxazole rings is 1. The molecule has 0 amide bonds. The molecule has 2 rings (SSSR count). The summed E-state index contributed by atoms with van der Waals surface area (Å²) < 4.78 is 15.4. The van der Waals surface area contributed by atoms with Gasteiger partial charge >= 0.3 is 5.97 Å². The summed E-state index contributed by atoms with van der Waals surface area (Å²) in [5.74, 6) is -0.261. The number of nitrogens with zero attached hydrogens (tertiary/aromatic N) is 2. The summed E-state index contributed by atoms with van der Waals surface area (Å²) in [4.78, 5) is 17.6. The van der Waals surface area contributed by atoms with E-state index in [4.69, 9.17) is 9.15 Å². The van der Waals surface area contributed by atoms with Crippen LogP contribution in [0.4, 0.5) is 6.01 Å². The molecule has 6 heteroatoms. The summed E-state index contributed by atoms with van der Waals surface area (Å²) in [5.41, 5.74) is 1.52. The molecule has 0 aliphatic carbocycles. The van der Waals surface area contributed by atoms with Crippen LogP contribution in [0, 0.1) is 0 Å². The van der Waals surface area contributed by atoms with Crippen molar-refractivity contribution in [3.05, 3.63) is 24.3 Å². The number of hydrogen-bond donors (Lipinski definition) is 0. The summed E-state index contributed by atoms with van der Waals surface area (Å²) in [7, 11) is 3.01. The van der Waals surface area contributed by atoms with Gasteiger partial charge in [-0.1, -0.05) is 12.1 Å². The van der Waals surface area contributed by atoms with Crippen molar-refractivity contribution in [2.24, 2.45) is 0 Å². The van der Waals surface area contributed by atoms with E-state index in [1.807, 2.05) is 29.2 Å². The lowest BCUT2D eigenvalue weighted by Crippen LogP contribution is -2.30. The lowest BCUT2D eigenvalue weighted by atomic mass is 10.3. The van der Waals surface area contributed by atoms with E-state index in [1.165, 1.54) is 7.11 Å². The molecule has 0 spiro atoms. The van der Waals surface area contributed by atoms with Gasteiger partial charge in [0, 0.05) is 20.2 Å². The molecule has 0 saturated carbocycles. The SMILES string of the molecule is COCCN(CCC(=O)OC)c1nc2ccccc2o1. The molecule has 108 valence electrons. The first kappa shape index (κ1) is 14.3. The molecule has 0 N–H and O–H groups in total. The summed E-state index contributed by atoms with van der Waals surface area (Å²) in [6, 6.07) is 8.04. The zero-order valence-corrected chi connectivity index (χ0v) is 11.7. The highest BCUT2D eigenvalue weighted by Gasteiger charge is 2.15. The fourth-order valence-electron chi connectivity index (χ4n) is 1.83. The average Bonchev–Trinajstić information content (AvgIpc) is 2.90. The number of hydrogen-bond acceptors (Lipinski definition) is 6. The number of carbonyl (C=O) groups is 1. The van der Waals surface area contributed by atoms with Gasteiger partial charge in [-0.2, -0.15) is 4.98 Å². The Morgan fingerprint density at radius 3 is 2.80 bits per heavy atom. The Morgan fingerprint density at radius 1 is 1.30 bits per heavy atom. The molecule has 1 heterocycles. The van der Waals surface area contributed by atoms with Crippen molar-refractivity contribution < 1.29 is 18.7 Å². The zero-order valence-electron chi connectivity index (χ0n) is 11.7. The van der Waals surface area contributed by atoms with E-state index in [-0.39, 0.29) is 12.4 Å². The van der Waals surface area contributed by atoms with Gasteiger partial charge in [-0.3, -0.25) is 4.79 Å². The van der Waals surface area contributed by atoms with Crippen LogP contribution in [0.25, 0.3) is 11.1 Å². The third-order valence-corrected chi connectivity index (χ3v) is 2.93. The fraction of sp³-hybridized carbons (Fsp3) is 0.429. The van der Waals surface area contributed by atoms with Crippen molar-refractivity contribution in [3.63, 3.8) is 0 Å². The molecular formula is C14H18N2O4. The maximum absolute atomic E-state index is 11.3. The third-order valence-electron chi connectivity index (χ3n) is 2.93. The summed E-state index contributed by atoms with van der Waals surface area (Å²) in [6.45, 7) is 1.60. The second kappa shape index (κ2) is 6.91. The molecule has 20 heavy (non-hydrogen) atoms. The molecule has 6 nitrogen and oxygen atoms in total. The molecular weight excluding hydrogens is 260 g/mol. The van der Waals surface area contributed by atoms with Crippen molar-refractivity contribution in [3.8, 4) is 0 Å². The van der Waals surface area contributed by atoms with E-state index in [9.17, 15) is 4.79 Å². The summed E-state index contributed by atoms with van der Waals surface area (Å²) >= 11 is 0. The minimum atomic E-state index is -0.261. The van der Waals surface area contributed by atoms with Gasteiger partial charge in [0.2, 0.25) is 0 Å². The number of methoxy groups -OCH3 is 2. The van der Waals surface area contributed by atoms with Crippen molar-refractivity contribution in [2.45, 2.75) is 6.42 Å². The Bertz CT molecular complexity index is 534. The molecule has 1 aromatic heterocycles. The zero-order chi connectivity index (χ0) is 14.4. The number of esters is 1. The van der Waals surface area contributed by atoms with Crippen LogP contribution in [0.1, 0.15) is 6.42 Å². The maximum Gasteiger partial charge on any atom is 0.307 e. The molecule has 0 unspecified atom stereocenters. The third kappa shape index (κ3) is 3.48. The van der Waals surface area contributed by atoms with Gasteiger partial charge in [0.25, 0.3) is 6.01 Å². The van der Waals surface area contributed by atoms with Gasteiger partial charge in [0.15, 0.2) is 5.58 Å². The molecule has 0 aliphatic heterocycles. The first-order valence-corrected chi connectivity index (χ1v) is 6.41. The van der Waals surface area contributed by atoms with E-state index in [2.05, 4.69) is 9.72 Å². The molecule has 2 aromatic rings. The van der Waals surface area contributed by atoms with Gasteiger partial charge in [0.1, 0.15) is 5.52 Å². The quantitative estimate of drug-likeness (QED) is 0.720. The standard InChI is InChI=1S/C14H18N2O4/c1-18-10-9-16(8-7-13(17)19-2)14-15-11-5-3-4-6-12(11)20-14/h3-6H,7-10H2,1-2H3. The van der Waals surface area contributed by atoms with Crippen molar-refractivity contribution in [2.75, 3.05) is 38.8 Å². The Morgan fingerprint density at radius 2 is 2.10 bits per heavy atom. The van der Waals surface area contributed by atoms with Gasteiger partial charge in [-0.25, -0.2) is 0 Å². The molecule has 0 atom stereocenters. The predicted octanol–water partition coefficient (Wildman–Crippen LogP) is 1.84. The highest BCUT2D eigenvalue weighted by atomic mass is 16.5. The highest BCUT2D eigenvalue weighted by Crippen LogP contribution is 2.21. The molecule has 0 bridgehead atoms. The lowest BCUT2D eigenvalue weighted by molar-refractivity contribution is -0.140. The molecule has 0 radical (unpaired) electrons. The maximum atomic E-state index is 11.3. The van der Waals surface area contributed by atoms with Crippen molar-refractivity contribution >= 4 is 23.1 Å². The number of para-hydroxylation sites is 2. The van der Waals surface area contributed by atoms with Crippen LogP contribution in [0.5, 0.6) is 0 Å². The van der Waals surface area contributed by atoms with Crippen LogP contribution in [0.3, 0.4) is 0 Å². The first-order chi connectivity index (χ1) is 9.74. The summed E-state index contributed by atoms with van der Waals surface area (Å²) in [6.07, 6.45) is 0.277. The molecule has 0 saturated heterocycles. The van der Waals surface area contributed by atoms with Crippen molar-refractivity contribution in [1.82, 2.24) is 4.98 Å². The highest BCUT2D eigenvalue weighted by molar-refractivity contribution is 5.74. The molecule has 1 aromatic carbocycles. The lowest BCUT2D eigenvalue weighted by Gasteiger charge is -2.19. The smallest absolute Gasteiger partial charge is 0.307 e. The largest absolute Gasteiger partial charge is 0.469 e. The van der Waals surface area contributed by atoms with Crippen LogP contribution in [0.15, 0.2) is 28.7 Å². The number of fused-ring (bicyclic) bond motifs is 1. The number of aromatic nitrogens is 1. The van der Waals surface area contributed by atoms with E-state index in [1.54, 1.807) is 7.11 Å². The second-order valence-electron chi connectivity index (χ2n) is 4.27. The summed E-state index contributed by atoms with van der Waals surface area (Å²) in [5, 5.41) is 0. The van der Waals surface area contributed by atoms with Crippen molar-refractivity contribution in [1.29, 1.82) is 0 Å². The number of ether oxygens (including phenoxy) is 2. The topological polar surface area (TPSA) is 64.8 Å². The van der Waals surface area contributed by atoms with Gasteiger partial charge < -0.3 is 18.8 Å². The molecule has 0 aliphatic rings. The Kier molecular flexibility index (Phi) is 4.95. The van der Waals surface area contributed by atoms with Crippen LogP contribution in [-0.2, 0) is 14.3 Å². The van der Waals surface area contributed by atoms with Crippen LogP contribution < -0.4 is 4.90 Å². The molecule has 0 fully saturated rings. The predicted molar refractivity (Wildman–Crippen MR) is 74.7 cm³/mol. The monoisotopic (exact) mass is 278 g/mol. The van der Waals surface area contributed by atoms with Crippen LogP contribution in [0.2, 0.25) is 0 Å². The minimum absolute atomic E-state index is 0.261. The fourth-order valence-corrected chi connectivity index (χ4v) is 1.83. The Labute approximate surface area is 117 Å². The van der Waals surface area contributed by atoms with Gasteiger partial charge in [0.05, 0.1) is 20.1 Å². The average molecular weight is 278 g/mol. The number of carbonyl (C=O) groups excluding carboxylic acids is 1. The van der Waals surface area contributed by atoms with E-state index >= 15 is 0 Å². The van der Waals surface area contributed by atoms with Gasteiger partial charge in [-0.05, 0) is 12.1 Å². The normalized spacial score (nSPS) is 10.7. The van der Waals surface area contributed by atoms with Crippen LogP contribution in [-0.4, -0.2) is 44.9 Å².